The van der Waals surface area contributed by atoms with Gasteiger partial charge in [0, 0.05) is 13.7 Å². The molecule has 0 aromatic heterocycles. The summed E-state index contributed by atoms with van der Waals surface area (Å²) in [4.78, 5) is 14.3. The maximum absolute atomic E-state index is 13.7. The van der Waals surface area contributed by atoms with Crippen LogP contribution in [0.3, 0.4) is 0 Å². The van der Waals surface area contributed by atoms with Crippen LogP contribution in [0.25, 0.3) is 0 Å². The topological polar surface area (TPSA) is 38.8 Å². The average molecular weight is 558 g/mol. The summed E-state index contributed by atoms with van der Waals surface area (Å²) in [5.74, 6) is 0.0792. The van der Waals surface area contributed by atoms with Crippen LogP contribution in [0.15, 0.2) is 36.4 Å². The molecule has 214 valence electrons. The number of rotatable bonds is 6. The van der Waals surface area contributed by atoms with Gasteiger partial charge in [0.05, 0.1) is 22.8 Å². The number of carbonyl (C=O) groups excluding carboxylic acids is 1. The van der Waals surface area contributed by atoms with E-state index < -0.39 is 47.3 Å². The summed E-state index contributed by atoms with van der Waals surface area (Å²) in [6, 6.07) is 6.24. The molecule has 1 amide bonds. The molecular formula is C29H33F6NO3. The summed E-state index contributed by atoms with van der Waals surface area (Å²) in [6.07, 6.45) is -6.19. The van der Waals surface area contributed by atoms with Crippen LogP contribution in [0.1, 0.15) is 85.4 Å². The normalized spacial score (nSPS) is 22.6. The van der Waals surface area contributed by atoms with Gasteiger partial charge in [-0.1, -0.05) is 37.0 Å². The zero-order valence-corrected chi connectivity index (χ0v) is 22.4. The van der Waals surface area contributed by atoms with Crippen molar-refractivity contribution in [3.63, 3.8) is 0 Å². The smallest absolute Gasteiger partial charge is 0.416 e. The van der Waals surface area contributed by atoms with E-state index in [0.717, 1.165) is 56.4 Å². The number of aryl methyl sites for hydroxylation is 1. The van der Waals surface area contributed by atoms with Gasteiger partial charge in [-0.2, -0.15) is 26.3 Å². The first-order valence-electron chi connectivity index (χ1n) is 13.1. The van der Waals surface area contributed by atoms with Crippen molar-refractivity contribution >= 4 is 6.09 Å². The number of cyclic esters (lactones) is 1. The molecule has 2 aliphatic rings. The van der Waals surface area contributed by atoms with E-state index in [1.807, 2.05) is 6.92 Å². The molecule has 1 saturated heterocycles. The molecule has 0 radical (unpaired) electrons. The number of methoxy groups -OCH3 is 1. The van der Waals surface area contributed by atoms with Crippen molar-refractivity contribution in [2.75, 3.05) is 7.11 Å². The van der Waals surface area contributed by atoms with Crippen LogP contribution in [-0.2, 0) is 34.0 Å². The number of ether oxygens (including phenoxy) is 2. The Morgan fingerprint density at radius 2 is 1.59 bits per heavy atom. The zero-order chi connectivity index (χ0) is 28.8. The minimum absolute atomic E-state index is 0.0792. The molecular weight excluding hydrogens is 524 g/mol. The van der Waals surface area contributed by atoms with Gasteiger partial charge < -0.3 is 9.47 Å². The van der Waals surface area contributed by atoms with E-state index in [1.165, 1.54) is 31.1 Å². The van der Waals surface area contributed by atoms with Crippen LogP contribution >= 0.6 is 0 Å². The van der Waals surface area contributed by atoms with Crippen LogP contribution in [0.4, 0.5) is 31.1 Å². The molecule has 1 unspecified atom stereocenters. The second kappa shape index (κ2) is 10.7. The number of amides is 1. The van der Waals surface area contributed by atoms with Crippen molar-refractivity contribution in [3.8, 4) is 0 Å². The Kier molecular flexibility index (Phi) is 8.00. The van der Waals surface area contributed by atoms with E-state index in [1.54, 1.807) is 6.92 Å². The highest BCUT2D eigenvalue weighted by Crippen LogP contribution is 2.45. The monoisotopic (exact) mass is 557 g/mol. The lowest BCUT2D eigenvalue weighted by Gasteiger charge is -2.41. The summed E-state index contributed by atoms with van der Waals surface area (Å²) in [5.41, 5.74) is -1.24. The molecule has 2 fully saturated rings. The first-order valence-corrected chi connectivity index (χ1v) is 13.1. The highest BCUT2D eigenvalue weighted by atomic mass is 19.4. The molecule has 1 heterocycles. The maximum Gasteiger partial charge on any atom is 0.416 e. The molecule has 1 aliphatic carbocycles. The Bertz CT molecular complexity index is 1200. The zero-order valence-electron chi connectivity index (χ0n) is 22.4. The molecule has 2 aromatic rings. The van der Waals surface area contributed by atoms with E-state index in [-0.39, 0.29) is 23.6 Å². The summed E-state index contributed by atoms with van der Waals surface area (Å²) < 4.78 is 92.9. The lowest BCUT2D eigenvalue weighted by Crippen LogP contribution is -2.38. The fourth-order valence-corrected chi connectivity index (χ4v) is 6.02. The van der Waals surface area contributed by atoms with E-state index in [9.17, 15) is 31.1 Å². The molecule has 4 rings (SSSR count). The van der Waals surface area contributed by atoms with Gasteiger partial charge in [0.1, 0.15) is 6.10 Å². The van der Waals surface area contributed by atoms with Gasteiger partial charge in [-0.15, -0.1) is 0 Å². The summed E-state index contributed by atoms with van der Waals surface area (Å²) in [6.45, 7) is 4.80. The largest absolute Gasteiger partial charge is 0.439 e. The quantitative estimate of drug-likeness (QED) is 0.334. The molecule has 0 spiro atoms. The molecule has 10 heteroatoms. The van der Waals surface area contributed by atoms with Crippen LogP contribution in [0, 0.1) is 12.8 Å². The number of hydrogen-bond donors (Lipinski definition) is 0. The Labute approximate surface area is 224 Å². The van der Waals surface area contributed by atoms with Gasteiger partial charge >= 0.3 is 18.4 Å². The van der Waals surface area contributed by atoms with E-state index in [2.05, 4.69) is 0 Å². The van der Waals surface area contributed by atoms with Crippen molar-refractivity contribution in [3.05, 3.63) is 69.8 Å². The first kappa shape index (κ1) is 29.2. The standard InChI is InChI=1S/C29H33F6NO3/c1-17-12-19(14-23(13-17)29(33,34)35)25-18(2)36(26(37)39-25)16-20-15-22(28(30,31)32)10-11-24(20)27(3,38-4)21-8-6-5-7-9-21/h10-15,18,21,25H,5-9,16H2,1-4H3/t18-,25-,27?/m0/s1. The van der Waals surface area contributed by atoms with Gasteiger partial charge in [-0.25, -0.2) is 4.79 Å². The second-order valence-corrected chi connectivity index (χ2v) is 10.8. The van der Waals surface area contributed by atoms with E-state index in [4.69, 9.17) is 9.47 Å². The third-order valence-electron chi connectivity index (χ3n) is 8.26. The highest BCUT2D eigenvalue weighted by molar-refractivity contribution is 5.71. The fraction of sp³-hybridized carbons (Fsp3) is 0.552. The van der Waals surface area contributed by atoms with Gasteiger partial charge in [-0.05, 0) is 80.5 Å². The van der Waals surface area contributed by atoms with Crippen LogP contribution in [0.2, 0.25) is 0 Å². The molecule has 1 aliphatic heterocycles. The number of hydrogen-bond acceptors (Lipinski definition) is 3. The van der Waals surface area contributed by atoms with Gasteiger partial charge in [0.15, 0.2) is 0 Å². The summed E-state index contributed by atoms with van der Waals surface area (Å²) >= 11 is 0. The average Bonchev–Trinajstić information content (AvgIpc) is 3.15. The summed E-state index contributed by atoms with van der Waals surface area (Å²) in [7, 11) is 1.54. The predicted octanol–water partition coefficient (Wildman–Crippen LogP) is 8.56. The number of alkyl halides is 6. The maximum atomic E-state index is 13.7. The van der Waals surface area contributed by atoms with Crippen LogP contribution < -0.4 is 0 Å². The van der Waals surface area contributed by atoms with Crippen LogP contribution in [0.5, 0.6) is 0 Å². The van der Waals surface area contributed by atoms with E-state index in [0.29, 0.717) is 11.1 Å². The number of carbonyl (C=O) groups is 1. The molecule has 39 heavy (non-hydrogen) atoms. The van der Waals surface area contributed by atoms with Crippen molar-refractivity contribution < 1.29 is 40.6 Å². The predicted molar refractivity (Wildman–Crippen MR) is 133 cm³/mol. The Balaban J connectivity index is 1.72. The fourth-order valence-electron chi connectivity index (χ4n) is 6.02. The van der Waals surface area contributed by atoms with E-state index >= 15 is 0 Å². The lowest BCUT2D eigenvalue weighted by atomic mass is 9.73. The molecule has 0 N–H and O–H groups in total. The number of nitrogens with zero attached hydrogens (tertiary/aromatic N) is 1. The SMILES string of the molecule is COC(C)(c1ccc(C(F)(F)F)cc1CN1C(=O)O[C@H](c2cc(C)cc(C(F)(F)F)c2)[C@@H]1C)C1CCCCC1. The molecule has 4 nitrogen and oxygen atoms in total. The molecule has 3 atom stereocenters. The Morgan fingerprint density at radius 3 is 2.18 bits per heavy atom. The van der Waals surface area contributed by atoms with Crippen molar-refractivity contribution in [1.82, 2.24) is 4.90 Å². The number of halogens is 6. The molecule has 0 bridgehead atoms. The Hall–Kier alpha value is -2.75. The van der Waals surface area contributed by atoms with Crippen LogP contribution in [-0.4, -0.2) is 24.1 Å². The third kappa shape index (κ3) is 5.90. The first-order chi connectivity index (χ1) is 18.1. The Morgan fingerprint density at radius 1 is 0.949 bits per heavy atom. The summed E-state index contributed by atoms with van der Waals surface area (Å²) in [5, 5.41) is 0. The second-order valence-electron chi connectivity index (χ2n) is 10.8. The third-order valence-corrected chi connectivity index (χ3v) is 8.26. The van der Waals surface area contributed by atoms with Gasteiger partial charge in [0.25, 0.3) is 0 Å². The molecule has 1 saturated carbocycles. The minimum Gasteiger partial charge on any atom is -0.439 e. The minimum atomic E-state index is -4.60. The van der Waals surface area contributed by atoms with Crippen molar-refractivity contribution in [2.24, 2.45) is 5.92 Å². The highest BCUT2D eigenvalue weighted by Gasteiger charge is 2.44. The van der Waals surface area contributed by atoms with Crippen molar-refractivity contribution in [1.29, 1.82) is 0 Å². The number of benzene rings is 2. The van der Waals surface area contributed by atoms with Crippen molar-refractivity contribution in [2.45, 2.75) is 89.5 Å². The van der Waals surface area contributed by atoms with Gasteiger partial charge in [0.2, 0.25) is 0 Å². The lowest BCUT2D eigenvalue weighted by molar-refractivity contribution is -0.138. The van der Waals surface area contributed by atoms with Gasteiger partial charge in [-0.3, -0.25) is 4.90 Å². The molecule has 2 aromatic carbocycles.